The van der Waals surface area contributed by atoms with Crippen LogP contribution in [0.2, 0.25) is 0 Å². The van der Waals surface area contributed by atoms with Crippen LogP contribution in [0.3, 0.4) is 0 Å². The predicted molar refractivity (Wildman–Crippen MR) is 147 cm³/mol. The molecule has 3 aromatic rings. The number of nitrogens with one attached hydrogen (secondary N) is 3. The number of hydrogen-bond donors (Lipinski definition) is 3. The Balaban J connectivity index is 1.63. The molecule has 0 saturated heterocycles. The van der Waals surface area contributed by atoms with Crippen LogP contribution in [0, 0.1) is 5.82 Å². The zero-order valence-electron chi connectivity index (χ0n) is 22.6. The molecule has 1 aromatic carbocycles. The monoisotopic (exact) mass is 602 g/mol. The summed E-state index contributed by atoms with van der Waals surface area (Å²) in [5.41, 5.74) is -0.500. The summed E-state index contributed by atoms with van der Waals surface area (Å²) in [6.45, 7) is 3.54. The van der Waals surface area contributed by atoms with E-state index in [1.165, 1.54) is 22.9 Å². The number of benzene rings is 1. The third-order valence-electron chi connectivity index (χ3n) is 6.97. The van der Waals surface area contributed by atoms with Crippen molar-refractivity contribution in [2.75, 3.05) is 22.8 Å². The molecule has 4 rings (SSSR count). The van der Waals surface area contributed by atoms with Crippen molar-refractivity contribution in [2.24, 2.45) is 0 Å². The predicted octanol–water partition coefficient (Wildman–Crippen LogP) is 4.76. The van der Waals surface area contributed by atoms with Crippen molar-refractivity contribution >= 4 is 32.7 Å². The topological polar surface area (TPSA) is 118 Å². The average molecular weight is 603 g/mol. The second-order valence-electron chi connectivity index (χ2n) is 10.3. The summed E-state index contributed by atoms with van der Waals surface area (Å²) in [5, 5.41) is 6.60. The lowest BCUT2D eigenvalue weighted by Gasteiger charge is -2.31. The van der Waals surface area contributed by atoms with Crippen molar-refractivity contribution in [1.29, 1.82) is 0 Å². The van der Waals surface area contributed by atoms with Crippen molar-refractivity contribution in [3.63, 3.8) is 0 Å². The van der Waals surface area contributed by atoms with E-state index in [2.05, 4.69) is 20.6 Å². The lowest BCUT2D eigenvalue weighted by molar-refractivity contribution is -0.129. The molecular weight excluding hydrogens is 571 g/mol. The van der Waals surface area contributed by atoms with Gasteiger partial charge in [0.1, 0.15) is 17.6 Å². The van der Waals surface area contributed by atoms with Crippen molar-refractivity contribution in [3.8, 4) is 11.1 Å². The fourth-order valence-corrected chi connectivity index (χ4v) is 5.97. The van der Waals surface area contributed by atoms with Gasteiger partial charge in [-0.2, -0.15) is 18.2 Å². The summed E-state index contributed by atoms with van der Waals surface area (Å²) in [6, 6.07) is 4.01. The van der Waals surface area contributed by atoms with E-state index in [0.717, 1.165) is 12.1 Å². The molecule has 9 nitrogen and oxygen atoms in total. The minimum absolute atomic E-state index is 0.0894. The van der Waals surface area contributed by atoms with E-state index < -0.39 is 51.6 Å². The standard InChI is InChI=1S/C26H31F5N6O3S/c1-14(2)37-23-16(13-33-25(35-23)34-17-5-7-21(32-3)20(28)12-17)10-18(24(37)38)15-4-6-22(19(27)11-15)36-41(39,40)9-8-26(29,30)31/h4,6,10-11,13-14,17,20-21,32,36H,5,7-9,12H2,1-3H3,(H,33,34,35). The Labute approximate surface area is 233 Å². The maximum absolute atomic E-state index is 14.9. The van der Waals surface area contributed by atoms with Gasteiger partial charge in [-0.05, 0) is 57.5 Å². The first-order chi connectivity index (χ1) is 19.2. The van der Waals surface area contributed by atoms with Gasteiger partial charge >= 0.3 is 6.18 Å². The first-order valence-electron chi connectivity index (χ1n) is 13.0. The lowest BCUT2D eigenvalue weighted by Crippen LogP contribution is -2.43. The fraction of sp³-hybridized carbons (Fsp3) is 0.500. The third-order valence-corrected chi connectivity index (χ3v) is 8.24. The van der Waals surface area contributed by atoms with Crippen LogP contribution in [0.4, 0.5) is 33.6 Å². The van der Waals surface area contributed by atoms with Crippen LogP contribution in [0.25, 0.3) is 22.2 Å². The van der Waals surface area contributed by atoms with E-state index in [0.29, 0.717) is 23.9 Å². The van der Waals surface area contributed by atoms with Gasteiger partial charge in [-0.3, -0.25) is 14.1 Å². The Morgan fingerprint density at radius 2 is 1.90 bits per heavy atom. The molecule has 1 fully saturated rings. The summed E-state index contributed by atoms with van der Waals surface area (Å²) < 4.78 is 93.8. The van der Waals surface area contributed by atoms with Crippen LogP contribution in [0.1, 0.15) is 45.6 Å². The van der Waals surface area contributed by atoms with E-state index >= 15 is 0 Å². The Bertz CT molecular complexity index is 1580. The number of sulfonamides is 1. The van der Waals surface area contributed by atoms with Gasteiger partial charge in [0.25, 0.3) is 5.56 Å². The smallest absolute Gasteiger partial charge is 0.351 e. The average Bonchev–Trinajstić information content (AvgIpc) is 2.88. The number of halogens is 5. The van der Waals surface area contributed by atoms with Gasteiger partial charge in [-0.15, -0.1) is 0 Å². The van der Waals surface area contributed by atoms with Crippen molar-refractivity contribution in [1.82, 2.24) is 19.9 Å². The number of rotatable bonds is 9. The Kier molecular flexibility index (Phi) is 8.87. The zero-order valence-corrected chi connectivity index (χ0v) is 23.4. The first kappa shape index (κ1) is 30.6. The highest BCUT2D eigenvalue weighted by atomic mass is 32.2. The zero-order chi connectivity index (χ0) is 30.1. The number of anilines is 2. The molecule has 0 spiro atoms. The number of fused-ring (bicyclic) bond motifs is 1. The molecule has 0 amide bonds. The highest BCUT2D eigenvalue weighted by Gasteiger charge is 2.31. The molecule has 3 N–H and O–H groups in total. The third kappa shape index (κ3) is 7.31. The van der Waals surface area contributed by atoms with Crippen LogP contribution < -0.4 is 20.9 Å². The van der Waals surface area contributed by atoms with Crippen molar-refractivity contribution < 1.29 is 30.4 Å². The first-order valence-corrected chi connectivity index (χ1v) is 14.7. The molecule has 3 atom stereocenters. The van der Waals surface area contributed by atoms with Crippen LogP contribution in [0.15, 0.2) is 35.3 Å². The molecule has 2 heterocycles. The molecule has 41 heavy (non-hydrogen) atoms. The summed E-state index contributed by atoms with van der Waals surface area (Å²) in [6.07, 6.45) is -4.16. The van der Waals surface area contributed by atoms with Crippen LogP contribution in [-0.4, -0.2) is 60.2 Å². The van der Waals surface area contributed by atoms with E-state index in [1.54, 1.807) is 20.9 Å². The van der Waals surface area contributed by atoms with E-state index in [4.69, 9.17) is 0 Å². The Morgan fingerprint density at radius 1 is 1.17 bits per heavy atom. The minimum atomic E-state index is -4.69. The summed E-state index contributed by atoms with van der Waals surface area (Å²) in [5.74, 6) is -2.08. The number of pyridine rings is 1. The molecule has 0 bridgehead atoms. The van der Waals surface area contributed by atoms with Gasteiger partial charge in [0.2, 0.25) is 16.0 Å². The van der Waals surface area contributed by atoms with Crippen LogP contribution in [-0.2, 0) is 10.0 Å². The number of hydrogen-bond acceptors (Lipinski definition) is 7. The van der Waals surface area contributed by atoms with Crippen LogP contribution in [0.5, 0.6) is 0 Å². The van der Waals surface area contributed by atoms with E-state index in [9.17, 15) is 35.2 Å². The van der Waals surface area contributed by atoms with Gasteiger partial charge in [0.15, 0.2) is 0 Å². The van der Waals surface area contributed by atoms with E-state index in [1.807, 2.05) is 4.72 Å². The molecule has 224 valence electrons. The number of aromatic nitrogens is 3. The fourth-order valence-electron chi connectivity index (χ4n) is 4.86. The van der Waals surface area contributed by atoms with Gasteiger partial charge in [0, 0.05) is 41.7 Å². The Hall–Kier alpha value is -3.33. The molecule has 1 aliphatic rings. The minimum Gasteiger partial charge on any atom is -0.351 e. The second-order valence-corrected chi connectivity index (χ2v) is 12.2. The van der Waals surface area contributed by atoms with Crippen molar-refractivity contribution in [3.05, 3.63) is 46.6 Å². The molecule has 1 aliphatic carbocycles. The number of nitrogens with zero attached hydrogens (tertiary/aromatic N) is 3. The second kappa shape index (κ2) is 11.9. The van der Waals surface area contributed by atoms with Gasteiger partial charge in [-0.1, -0.05) is 6.07 Å². The van der Waals surface area contributed by atoms with Crippen LogP contribution >= 0.6 is 0 Å². The molecule has 0 aliphatic heterocycles. The van der Waals surface area contributed by atoms with Gasteiger partial charge in [-0.25, -0.2) is 22.2 Å². The van der Waals surface area contributed by atoms with Crippen molar-refractivity contribution in [2.45, 2.75) is 70.0 Å². The maximum Gasteiger partial charge on any atom is 0.390 e. The van der Waals surface area contributed by atoms with E-state index in [-0.39, 0.29) is 41.6 Å². The normalized spacial score (nSPS) is 20.0. The summed E-state index contributed by atoms with van der Waals surface area (Å²) in [7, 11) is -2.74. The summed E-state index contributed by atoms with van der Waals surface area (Å²) in [4.78, 5) is 22.4. The molecule has 1 saturated carbocycles. The SMILES string of the molecule is CNC1CCC(Nc2ncc3cc(-c4ccc(NS(=O)(=O)CCC(F)(F)F)c(F)c4)c(=O)n(C(C)C)c3n2)CC1F. The maximum atomic E-state index is 14.9. The molecule has 15 heteroatoms. The van der Waals surface area contributed by atoms with Gasteiger partial charge < -0.3 is 10.6 Å². The largest absolute Gasteiger partial charge is 0.390 e. The summed E-state index contributed by atoms with van der Waals surface area (Å²) >= 11 is 0. The highest BCUT2D eigenvalue weighted by Crippen LogP contribution is 2.28. The van der Waals surface area contributed by atoms with Gasteiger partial charge in [0.05, 0.1) is 17.9 Å². The molecule has 3 unspecified atom stereocenters. The Morgan fingerprint density at radius 3 is 2.51 bits per heavy atom. The number of alkyl halides is 4. The highest BCUT2D eigenvalue weighted by molar-refractivity contribution is 7.92. The quantitative estimate of drug-likeness (QED) is 0.302. The lowest BCUT2D eigenvalue weighted by atomic mass is 9.90. The molecule has 2 aromatic heterocycles. The molecular formula is C26H31F5N6O3S. The molecule has 0 radical (unpaired) electrons.